The van der Waals surface area contributed by atoms with E-state index in [0.29, 0.717) is 5.92 Å². The van der Waals surface area contributed by atoms with Crippen molar-refractivity contribution in [2.75, 3.05) is 0 Å². The Morgan fingerprint density at radius 1 is 1.06 bits per heavy atom. The van der Waals surface area contributed by atoms with Crippen molar-refractivity contribution in [3.05, 3.63) is 53.9 Å². The maximum atomic E-state index is 4.52. The zero-order valence-corrected chi connectivity index (χ0v) is 10.8. The second-order valence-corrected chi connectivity index (χ2v) is 4.60. The SMILES string of the molecule is CCc1nccc(C(C)C)c1-c1ccccc1. The average molecular weight is 225 g/mol. The molecule has 0 unspecified atom stereocenters. The van der Waals surface area contributed by atoms with E-state index in [9.17, 15) is 0 Å². The molecule has 88 valence electrons. The maximum Gasteiger partial charge on any atom is 0.0481 e. The lowest BCUT2D eigenvalue weighted by atomic mass is 9.91. The molecule has 1 aromatic carbocycles. The Morgan fingerprint density at radius 3 is 2.35 bits per heavy atom. The molecule has 1 heterocycles. The molecule has 0 aliphatic carbocycles. The van der Waals surface area contributed by atoms with Gasteiger partial charge in [0.2, 0.25) is 0 Å². The van der Waals surface area contributed by atoms with Gasteiger partial charge < -0.3 is 0 Å². The first-order valence-corrected chi connectivity index (χ1v) is 6.27. The van der Waals surface area contributed by atoms with Gasteiger partial charge in [0.15, 0.2) is 0 Å². The van der Waals surface area contributed by atoms with Crippen LogP contribution in [0.4, 0.5) is 0 Å². The molecule has 17 heavy (non-hydrogen) atoms. The van der Waals surface area contributed by atoms with Gasteiger partial charge in [-0.2, -0.15) is 0 Å². The zero-order valence-electron chi connectivity index (χ0n) is 10.8. The minimum atomic E-state index is 0.526. The Morgan fingerprint density at radius 2 is 1.76 bits per heavy atom. The number of benzene rings is 1. The summed E-state index contributed by atoms with van der Waals surface area (Å²) >= 11 is 0. The summed E-state index contributed by atoms with van der Waals surface area (Å²) < 4.78 is 0. The molecule has 2 aromatic rings. The summed E-state index contributed by atoms with van der Waals surface area (Å²) in [5.74, 6) is 0.526. The van der Waals surface area contributed by atoms with Crippen LogP contribution in [0.1, 0.15) is 37.9 Å². The highest BCUT2D eigenvalue weighted by atomic mass is 14.7. The van der Waals surface area contributed by atoms with Crippen molar-refractivity contribution in [1.82, 2.24) is 4.98 Å². The minimum absolute atomic E-state index is 0.526. The predicted molar refractivity (Wildman–Crippen MR) is 73.1 cm³/mol. The molecular formula is C16H19N. The number of hydrogen-bond donors (Lipinski definition) is 0. The molecule has 0 bridgehead atoms. The van der Waals surface area contributed by atoms with Gasteiger partial charge in [0.25, 0.3) is 0 Å². The number of aromatic nitrogens is 1. The van der Waals surface area contributed by atoms with Gasteiger partial charge in [0, 0.05) is 17.5 Å². The van der Waals surface area contributed by atoms with Crippen LogP contribution in [0.2, 0.25) is 0 Å². The average Bonchev–Trinajstić information content (AvgIpc) is 2.38. The molecule has 0 radical (unpaired) electrons. The van der Waals surface area contributed by atoms with Crippen LogP contribution in [0.3, 0.4) is 0 Å². The minimum Gasteiger partial charge on any atom is -0.261 e. The van der Waals surface area contributed by atoms with Gasteiger partial charge in [-0.3, -0.25) is 4.98 Å². The zero-order chi connectivity index (χ0) is 12.3. The molecule has 2 rings (SSSR count). The maximum absolute atomic E-state index is 4.52. The van der Waals surface area contributed by atoms with Crippen LogP contribution in [-0.4, -0.2) is 4.98 Å². The van der Waals surface area contributed by atoms with Crippen LogP contribution in [0.15, 0.2) is 42.6 Å². The molecule has 0 saturated carbocycles. The van der Waals surface area contributed by atoms with Gasteiger partial charge in [-0.15, -0.1) is 0 Å². The van der Waals surface area contributed by atoms with Gasteiger partial charge in [0.1, 0.15) is 0 Å². The first-order valence-electron chi connectivity index (χ1n) is 6.27. The first kappa shape index (κ1) is 11.8. The fourth-order valence-corrected chi connectivity index (χ4v) is 2.21. The fraction of sp³-hybridized carbons (Fsp3) is 0.312. The molecule has 1 nitrogen and oxygen atoms in total. The molecule has 0 aliphatic rings. The van der Waals surface area contributed by atoms with Crippen molar-refractivity contribution in [2.45, 2.75) is 33.1 Å². The summed E-state index contributed by atoms with van der Waals surface area (Å²) in [7, 11) is 0. The van der Waals surface area contributed by atoms with Crippen molar-refractivity contribution in [3.63, 3.8) is 0 Å². The summed E-state index contributed by atoms with van der Waals surface area (Å²) in [4.78, 5) is 4.52. The summed E-state index contributed by atoms with van der Waals surface area (Å²) in [6.45, 7) is 6.64. The topological polar surface area (TPSA) is 12.9 Å². The van der Waals surface area contributed by atoms with E-state index < -0.39 is 0 Å². The third-order valence-corrected chi connectivity index (χ3v) is 3.08. The van der Waals surface area contributed by atoms with Gasteiger partial charge in [-0.05, 0) is 29.5 Å². The number of pyridine rings is 1. The largest absolute Gasteiger partial charge is 0.261 e. The Hall–Kier alpha value is -1.63. The van der Waals surface area contributed by atoms with E-state index in [1.54, 1.807) is 0 Å². The summed E-state index contributed by atoms with van der Waals surface area (Å²) in [5.41, 5.74) is 5.19. The highest BCUT2D eigenvalue weighted by molar-refractivity contribution is 5.70. The Labute approximate surface area is 104 Å². The quantitative estimate of drug-likeness (QED) is 0.752. The lowest BCUT2D eigenvalue weighted by molar-refractivity contribution is 0.857. The van der Waals surface area contributed by atoms with E-state index in [4.69, 9.17) is 0 Å². The van der Waals surface area contributed by atoms with Crippen LogP contribution in [0.5, 0.6) is 0 Å². The second kappa shape index (κ2) is 5.13. The third kappa shape index (κ3) is 2.38. The molecule has 0 saturated heterocycles. The Bertz CT molecular complexity index is 486. The number of rotatable bonds is 3. The molecule has 0 amide bonds. The predicted octanol–water partition coefficient (Wildman–Crippen LogP) is 4.43. The lowest BCUT2D eigenvalue weighted by Crippen LogP contribution is -1.99. The Kier molecular flexibility index (Phi) is 3.58. The molecular weight excluding hydrogens is 206 g/mol. The highest BCUT2D eigenvalue weighted by Crippen LogP contribution is 2.31. The molecule has 1 aromatic heterocycles. The molecule has 0 atom stereocenters. The second-order valence-electron chi connectivity index (χ2n) is 4.60. The first-order chi connectivity index (χ1) is 8.24. The van der Waals surface area contributed by atoms with Crippen molar-refractivity contribution >= 4 is 0 Å². The summed E-state index contributed by atoms with van der Waals surface area (Å²) in [6, 6.07) is 12.7. The standard InChI is InChI=1S/C16H19N/c1-4-15-16(13-8-6-5-7-9-13)14(12(2)3)10-11-17-15/h5-12H,4H2,1-3H3. The molecule has 0 fully saturated rings. The van der Waals surface area contributed by atoms with Crippen LogP contribution in [0.25, 0.3) is 11.1 Å². The molecule has 0 spiro atoms. The normalized spacial score (nSPS) is 10.8. The van der Waals surface area contributed by atoms with Crippen molar-refractivity contribution < 1.29 is 0 Å². The van der Waals surface area contributed by atoms with E-state index in [2.05, 4.69) is 62.2 Å². The highest BCUT2D eigenvalue weighted by Gasteiger charge is 2.12. The number of nitrogens with zero attached hydrogens (tertiary/aromatic N) is 1. The third-order valence-electron chi connectivity index (χ3n) is 3.08. The van der Waals surface area contributed by atoms with E-state index in [1.165, 1.54) is 22.4 Å². The van der Waals surface area contributed by atoms with E-state index >= 15 is 0 Å². The summed E-state index contributed by atoms with van der Waals surface area (Å²) in [6.07, 6.45) is 2.91. The molecule has 0 N–H and O–H groups in total. The van der Waals surface area contributed by atoms with E-state index in [0.717, 1.165) is 6.42 Å². The number of hydrogen-bond acceptors (Lipinski definition) is 1. The fourth-order valence-electron chi connectivity index (χ4n) is 2.21. The van der Waals surface area contributed by atoms with Crippen LogP contribution >= 0.6 is 0 Å². The van der Waals surface area contributed by atoms with Crippen LogP contribution in [-0.2, 0) is 6.42 Å². The van der Waals surface area contributed by atoms with Crippen LogP contribution < -0.4 is 0 Å². The van der Waals surface area contributed by atoms with Crippen LogP contribution in [0, 0.1) is 0 Å². The van der Waals surface area contributed by atoms with E-state index in [-0.39, 0.29) is 0 Å². The number of aryl methyl sites for hydroxylation is 1. The van der Waals surface area contributed by atoms with E-state index in [1.807, 2.05) is 6.20 Å². The van der Waals surface area contributed by atoms with Crippen molar-refractivity contribution in [1.29, 1.82) is 0 Å². The smallest absolute Gasteiger partial charge is 0.0481 e. The van der Waals surface area contributed by atoms with Gasteiger partial charge in [-0.25, -0.2) is 0 Å². The summed E-state index contributed by atoms with van der Waals surface area (Å²) in [5, 5.41) is 0. The monoisotopic (exact) mass is 225 g/mol. The van der Waals surface area contributed by atoms with Gasteiger partial charge in [-0.1, -0.05) is 51.1 Å². The lowest BCUT2D eigenvalue weighted by Gasteiger charge is -2.16. The van der Waals surface area contributed by atoms with Gasteiger partial charge in [0.05, 0.1) is 0 Å². The van der Waals surface area contributed by atoms with Crippen molar-refractivity contribution in [2.24, 2.45) is 0 Å². The molecule has 0 aliphatic heterocycles. The molecule has 1 heteroatoms. The van der Waals surface area contributed by atoms with Gasteiger partial charge >= 0.3 is 0 Å². The van der Waals surface area contributed by atoms with Crippen molar-refractivity contribution in [3.8, 4) is 11.1 Å². The Balaban J connectivity index is 2.65.